The number of amides is 1. The van der Waals surface area contributed by atoms with Crippen molar-refractivity contribution in [1.82, 2.24) is 5.32 Å². The third-order valence-electron chi connectivity index (χ3n) is 7.66. The summed E-state index contributed by atoms with van der Waals surface area (Å²) in [6.45, 7) is 1.22. The van der Waals surface area contributed by atoms with Gasteiger partial charge in [0.1, 0.15) is 25.9 Å². The van der Waals surface area contributed by atoms with Crippen LogP contribution in [0.3, 0.4) is 0 Å². The van der Waals surface area contributed by atoms with E-state index in [2.05, 4.69) is 29.6 Å². The first-order chi connectivity index (χ1) is 21.5. The molecule has 1 aliphatic heterocycles. The van der Waals surface area contributed by atoms with Crippen LogP contribution in [0.25, 0.3) is 10.8 Å². The predicted molar refractivity (Wildman–Crippen MR) is 169 cm³/mol. The summed E-state index contributed by atoms with van der Waals surface area (Å²) in [5.74, 6) is -0.681. The van der Waals surface area contributed by atoms with E-state index in [1.165, 1.54) is 31.8 Å². The molecule has 1 saturated heterocycles. The number of hydrogen-bond acceptors (Lipinski definition) is 8. The molecule has 0 aliphatic carbocycles. The van der Waals surface area contributed by atoms with Gasteiger partial charge in [0, 0.05) is 26.7 Å². The van der Waals surface area contributed by atoms with Gasteiger partial charge < -0.3 is 29.0 Å². The van der Waals surface area contributed by atoms with Gasteiger partial charge in [-0.1, -0.05) is 87.4 Å². The number of carbonyl (C=O) groups excluding carboxylic acids is 3. The Morgan fingerprint density at radius 2 is 1.52 bits per heavy atom. The fourth-order valence-electron chi connectivity index (χ4n) is 5.22. The molecule has 0 spiro atoms. The minimum Gasteiger partial charge on any atom is -0.463 e. The van der Waals surface area contributed by atoms with Crippen molar-refractivity contribution in [2.75, 3.05) is 40.1 Å². The van der Waals surface area contributed by atoms with Crippen molar-refractivity contribution >= 4 is 28.6 Å². The number of ether oxygens (including phenoxy) is 5. The van der Waals surface area contributed by atoms with Gasteiger partial charge in [0.05, 0.1) is 6.42 Å². The third-order valence-corrected chi connectivity index (χ3v) is 7.66. The highest BCUT2D eigenvalue weighted by Gasteiger charge is 2.22. The van der Waals surface area contributed by atoms with E-state index in [0.29, 0.717) is 19.4 Å². The SMILES string of the molecule is COCC(=O)OC[C@H](COC(=O)CCCCCCCCCCCNC(=O)Cc1ccc2ccccc2c1)OC1CCCCO1. The van der Waals surface area contributed by atoms with E-state index in [-0.39, 0.29) is 38.0 Å². The maximum atomic E-state index is 12.3. The lowest BCUT2D eigenvalue weighted by Crippen LogP contribution is -2.35. The lowest BCUT2D eigenvalue weighted by atomic mass is 10.0. The van der Waals surface area contributed by atoms with E-state index >= 15 is 0 Å². The Labute approximate surface area is 262 Å². The molecular formula is C35H51NO8. The Morgan fingerprint density at radius 3 is 2.23 bits per heavy atom. The Hall–Kier alpha value is -3.01. The summed E-state index contributed by atoms with van der Waals surface area (Å²) in [5.41, 5.74) is 1.04. The van der Waals surface area contributed by atoms with E-state index in [0.717, 1.165) is 75.3 Å². The van der Waals surface area contributed by atoms with Crippen LogP contribution < -0.4 is 5.32 Å². The number of nitrogens with one attached hydrogen (secondary N) is 1. The molecule has 1 aliphatic rings. The zero-order valence-electron chi connectivity index (χ0n) is 26.4. The van der Waals surface area contributed by atoms with Crippen LogP contribution in [0.2, 0.25) is 0 Å². The molecule has 1 fully saturated rings. The fraction of sp³-hybridized carbons (Fsp3) is 0.629. The number of fused-ring (bicyclic) bond motifs is 1. The highest BCUT2D eigenvalue weighted by atomic mass is 16.7. The van der Waals surface area contributed by atoms with E-state index in [1.807, 2.05) is 18.2 Å². The molecule has 3 rings (SSSR count). The molecule has 1 amide bonds. The average Bonchev–Trinajstić information content (AvgIpc) is 3.03. The molecule has 2 atom stereocenters. The standard InChI is InChI=1S/C35H51NO8/c1-40-27-34(39)43-26-31(44-35-18-12-14-22-41-35)25-42-33(38)17-9-7-5-3-2-4-6-8-13-21-36-32(37)24-28-19-20-29-15-10-11-16-30(29)23-28/h10-11,15-16,19-20,23,31,35H,2-9,12-14,17-18,21-22,24-27H2,1H3,(H,36,37)/t31-,35?/m0/s1. The molecule has 244 valence electrons. The highest BCUT2D eigenvalue weighted by molar-refractivity contribution is 5.85. The van der Waals surface area contributed by atoms with Gasteiger partial charge in [-0.05, 0) is 48.4 Å². The van der Waals surface area contributed by atoms with Crippen molar-refractivity contribution in [2.24, 2.45) is 0 Å². The first-order valence-electron chi connectivity index (χ1n) is 16.3. The van der Waals surface area contributed by atoms with Crippen molar-refractivity contribution in [2.45, 2.75) is 102 Å². The van der Waals surface area contributed by atoms with E-state index in [9.17, 15) is 14.4 Å². The first-order valence-corrected chi connectivity index (χ1v) is 16.3. The second-order valence-electron chi connectivity index (χ2n) is 11.5. The molecule has 0 bridgehead atoms. The molecule has 2 aromatic rings. The molecule has 44 heavy (non-hydrogen) atoms. The summed E-state index contributed by atoms with van der Waals surface area (Å²) < 4.78 is 26.9. The maximum Gasteiger partial charge on any atom is 0.332 e. The van der Waals surface area contributed by atoms with Gasteiger partial charge in [-0.2, -0.15) is 0 Å². The molecular weight excluding hydrogens is 562 g/mol. The zero-order chi connectivity index (χ0) is 31.2. The van der Waals surface area contributed by atoms with Crippen molar-refractivity contribution < 1.29 is 38.1 Å². The molecule has 1 unspecified atom stereocenters. The Morgan fingerprint density at radius 1 is 0.841 bits per heavy atom. The van der Waals surface area contributed by atoms with Crippen molar-refractivity contribution in [1.29, 1.82) is 0 Å². The third kappa shape index (κ3) is 15.1. The quantitative estimate of drug-likeness (QED) is 0.126. The van der Waals surface area contributed by atoms with Gasteiger partial charge in [-0.15, -0.1) is 0 Å². The normalized spacial score (nSPS) is 15.5. The van der Waals surface area contributed by atoms with Crippen LogP contribution in [-0.4, -0.2) is 70.3 Å². The van der Waals surface area contributed by atoms with Crippen LogP contribution in [0.4, 0.5) is 0 Å². The lowest BCUT2D eigenvalue weighted by molar-refractivity contribution is -0.210. The Bertz CT molecular complexity index is 1120. The Balaban J connectivity index is 1.14. The largest absolute Gasteiger partial charge is 0.463 e. The maximum absolute atomic E-state index is 12.3. The van der Waals surface area contributed by atoms with Crippen LogP contribution in [0.1, 0.15) is 89.0 Å². The number of esters is 2. The second kappa shape index (κ2) is 21.7. The van der Waals surface area contributed by atoms with Gasteiger partial charge in [-0.25, -0.2) is 4.79 Å². The predicted octanol–water partition coefficient (Wildman–Crippen LogP) is 6.04. The molecule has 1 N–H and O–H groups in total. The van der Waals surface area contributed by atoms with Gasteiger partial charge >= 0.3 is 11.9 Å². The van der Waals surface area contributed by atoms with Gasteiger partial charge in [0.15, 0.2) is 6.29 Å². The zero-order valence-corrected chi connectivity index (χ0v) is 26.4. The van der Waals surface area contributed by atoms with E-state index in [4.69, 9.17) is 23.7 Å². The van der Waals surface area contributed by atoms with Crippen LogP contribution in [-0.2, 0) is 44.5 Å². The number of benzene rings is 2. The minimum absolute atomic E-state index is 0.0178. The molecule has 0 radical (unpaired) electrons. The van der Waals surface area contributed by atoms with Gasteiger partial charge in [0.25, 0.3) is 0 Å². The fourth-order valence-corrected chi connectivity index (χ4v) is 5.22. The summed E-state index contributed by atoms with van der Waals surface area (Å²) in [5, 5.41) is 5.40. The summed E-state index contributed by atoms with van der Waals surface area (Å²) in [6, 6.07) is 14.4. The smallest absolute Gasteiger partial charge is 0.332 e. The monoisotopic (exact) mass is 613 g/mol. The molecule has 9 heteroatoms. The summed E-state index contributed by atoms with van der Waals surface area (Å²) in [6.07, 6.45) is 12.3. The summed E-state index contributed by atoms with van der Waals surface area (Å²) in [4.78, 5) is 36.2. The van der Waals surface area contributed by atoms with Gasteiger partial charge in [0.2, 0.25) is 5.91 Å². The summed E-state index contributed by atoms with van der Waals surface area (Å²) >= 11 is 0. The minimum atomic E-state index is -0.575. The number of rotatable bonds is 22. The van der Waals surface area contributed by atoms with E-state index in [1.54, 1.807) is 0 Å². The van der Waals surface area contributed by atoms with Gasteiger partial charge in [-0.3, -0.25) is 9.59 Å². The average molecular weight is 614 g/mol. The van der Waals surface area contributed by atoms with Crippen LogP contribution in [0.5, 0.6) is 0 Å². The second-order valence-corrected chi connectivity index (χ2v) is 11.5. The number of methoxy groups -OCH3 is 1. The van der Waals surface area contributed by atoms with Crippen LogP contribution >= 0.6 is 0 Å². The molecule has 2 aromatic carbocycles. The van der Waals surface area contributed by atoms with Crippen LogP contribution in [0.15, 0.2) is 42.5 Å². The molecule has 0 aromatic heterocycles. The van der Waals surface area contributed by atoms with Crippen molar-refractivity contribution in [3.63, 3.8) is 0 Å². The molecule has 1 heterocycles. The number of hydrogen-bond donors (Lipinski definition) is 1. The molecule has 0 saturated carbocycles. The Kier molecular flexibility index (Phi) is 17.5. The lowest BCUT2D eigenvalue weighted by Gasteiger charge is -2.27. The summed E-state index contributed by atoms with van der Waals surface area (Å²) in [7, 11) is 1.42. The van der Waals surface area contributed by atoms with Crippen LogP contribution in [0, 0.1) is 0 Å². The van der Waals surface area contributed by atoms with E-state index < -0.39 is 12.1 Å². The van der Waals surface area contributed by atoms with Crippen molar-refractivity contribution in [3.05, 3.63) is 48.0 Å². The topological polar surface area (TPSA) is 109 Å². The van der Waals surface area contributed by atoms with Crippen molar-refractivity contribution in [3.8, 4) is 0 Å². The number of unbranched alkanes of at least 4 members (excludes halogenated alkanes) is 8. The number of carbonyl (C=O) groups is 3. The first kappa shape index (κ1) is 35.5. The molecule has 9 nitrogen and oxygen atoms in total. The highest BCUT2D eigenvalue weighted by Crippen LogP contribution is 2.17.